The standard InChI is InChI=1S/C27H29ClN2OS.ClH/c1-31-27(21-8-3-2-4-9-21)14-18-29(19-15-27)16-7-17-30-23-10-5-6-11-25(23)32-26-13-12-22(28)20-24(26)30;/h2-6,8-13,20H,7,14-19H2,1H3;1H. The number of benzene rings is 3. The summed E-state index contributed by atoms with van der Waals surface area (Å²) in [6.45, 7) is 4.21. The van der Waals surface area contributed by atoms with Gasteiger partial charge in [-0.1, -0.05) is 65.8 Å². The van der Waals surface area contributed by atoms with Gasteiger partial charge in [-0.05, 0) is 61.7 Å². The summed E-state index contributed by atoms with van der Waals surface area (Å²) in [4.78, 5) is 7.62. The molecule has 6 heteroatoms. The average Bonchev–Trinajstić information content (AvgIpc) is 2.85. The van der Waals surface area contributed by atoms with E-state index in [9.17, 15) is 0 Å². The molecule has 0 amide bonds. The summed E-state index contributed by atoms with van der Waals surface area (Å²) in [5.74, 6) is 0. The molecule has 33 heavy (non-hydrogen) atoms. The number of halogens is 2. The molecule has 0 aliphatic carbocycles. The normalized spacial score (nSPS) is 17.1. The third-order valence-electron chi connectivity index (χ3n) is 6.80. The summed E-state index contributed by atoms with van der Waals surface area (Å²) in [6.07, 6.45) is 3.18. The second kappa shape index (κ2) is 10.7. The number of para-hydroxylation sites is 1. The molecule has 3 nitrogen and oxygen atoms in total. The van der Waals surface area contributed by atoms with Crippen LogP contribution in [0, 0.1) is 0 Å². The van der Waals surface area contributed by atoms with Crippen LogP contribution in [0.3, 0.4) is 0 Å². The molecule has 0 saturated carbocycles. The number of hydrogen-bond donors (Lipinski definition) is 0. The van der Waals surface area contributed by atoms with Crippen LogP contribution in [-0.2, 0) is 10.3 Å². The summed E-state index contributed by atoms with van der Waals surface area (Å²) in [5, 5.41) is 0.793. The maximum atomic E-state index is 6.36. The van der Waals surface area contributed by atoms with Crippen LogP contribution in [0.15, 0.2) is 82.6 Å². The number of hydrogen-bond acceptors (Lipinski definition) is 4. The Labute approximate surface area is 212 Å². The smallest absolute Gasteiger partial charge is 0.0951 e. The summed E-state index contributed by atoms with van der Waals surface area (Å²) in [6, 6.07) is 25.6. The van der Waals surface area contributed by atoms with Crippen molar-refractivity contribution in [1.29, 1.82) is 0 Å². The van der Waals surface area contributed by atoms with Crippen LogP contribution in [0.25, 0.3) is 0 Å². The molecule has 2 aliphatic heterocycles. The van der Waals surface area contributed by atoms with Crippen LogP contribution in [0.2, 0.25) is 5.02 Å². The maximum absolute atomic E-state index is 6.36. The van der Waals surface area contributed by atoms with E-state index in [1.54, 1.807) is 0 Å². The summed E-state index contributed by atoms with van der Waals surface area (Å²) >= 11 is 8.19. The van der Waals surface area contributed by atoms with E-state index in [-0.39, 0.29) is 18.0 Å². The number of likely N-dealkylation sites (tertiary alicyclic amines) is 1. The van der Waals surface area contributed by atoms with Gasteiger partial charge in [0, 0.05) is 41.6 Å². The van der Waals surface area contributed by atoms with Crippen molar-refractivity contribution in [3.05, 3.63) is 83.4 Å². The molecule has 2 aliphatic rings. The zero-order valence-electron chi connectivity index (χ0n) is 18.9. The summed E-state index contributed by atoms with van der Waals surface area (Å²) in [5.41, 5.74) is 3.67. The van der Waals surface area contributed by atoms with Crippen LogP contribution in [0.5, 0.6) is 0 Å². The SMILES string of the molecule is COC1(c2ccccc2)CCN(CCCN2c3ccccc3Sc3ccc(Cl)cc32)CC1.Cl. The van der Waals surface area contributed by atoms with Gasteiger partial charge in [0.25, 0.3) is 0 Å². The predicted octanol–water partition coefficient (Wildman–Crippen LogP) is 7.39. The quantitative estimate of drug-likeness (QED) is 0.350. The lowest BCUT2D eigenvalue weighted by Gasteiger charge is -2.41. The van der Waals surface area contributed by atoms with Crippen molar-refractivity contribution in [3.8, 4) is 0 Å². The van der Waals surface area contributed by atoms with Gasteiger partial charge in [0.2, 0.25) is 0 Å². The lowest BCUT2D eigenvalue weighted by molar-refractivity contribution is -0.0623. The van der Waals surface area contributed by atoms with Gasteiger partial charge < -0.3 is 14.5 Å². The van der Waals surface area contributed by atoms with Gasteiger partial charge in [0.1, 0.15) is 0 Å². The van der Waals surface area contributed by atoms with E-state index >= 15 is 0 Å². The molecule has 0 radical (unpaired) electrons. The zero-order chi connectivity index (χ0) is 22.0. The van der Waals surface area contributed by atoms with Crippen LogP contribution < -0.4 is 4.90 Å². The molecule has 0 bridgehead atoms. The van der Waals surface area contributed by atoms with Gasteiger partial charge in [0.05, 0.1) is 17.0 Å². The van der Waals surface area contributed by atoms with E-state index in [0.717, 1.165) is 50.5 Å². The van der Waals surface area contributed by atoms with Gasteiger partial charge in [0.15, 0.2) is 0 Å². The fourth-order valence-electron chi connectivity index (χ4n) is 4.99. The van der Waals surface area contributed by atoms with Crippen LogP contribution >= 0.6 is 35.8 Å². The van der Waals surface area contributed by atoms with E-state index < -0.39 is 0 Å². The van der Waals surface area contributed by atoms with Gasteiger partial charge >= 0.3 is 0 Å². The molecule has 0 unspecified atom stereocenters. The largest absolute Gasteiger partial charge is 0.373 e. The molecule has 3 aromatic rings. The van der Waals surface area contributed by atoms with Crippen LogP contribution in [0.1, 0.15) is 24.8 Å². The van der Waals surface area contributed by atoms with Gasteiger partial charge in [-0.15, -0.1) is 12.4 Å². The Bertz CT molecular complexity index is 1070. The highest BCUT2D eigenvalue weighted by Gasteiger charge is 2.36. The third kappa shape index (κ3) is 5.06. The Hall–Kier alpha value is -1.69. The van der Waals surface area contributed by atoms with Gasteiger partial charge in [-0.2, -0.15) is 0 Å². The molecule has 174 valence electrons. The van der Waals surface area contributed by atoms with Gasteiger partial charge in [-0.25, -0.2) is 0 Å². The Kier molecular flexibility index (Phi) is 7.93. The van der Waals surface area contributed by atoms with Crippen molar-refractivity contribution in [2.45, 2.75) is 34.7 Å². The van der Waals surface area contributed by atoms with E-state index in [4.69, 9.17) is 16.3 Å². The number of fused-ring (bicyclic) bond motifs is 2. The first-order chi connectivity index (χ1) is 15.7. The van der Waals surface area contributed by atoms with Gasteiger partial charge in [-0.3, -0.25) is 0 Å². The minimum absolute atomic E-state index is 0. The van der Waals surface area contributed by atoms with Crippen molar-refractivity contribution in [1.82, 2.24) is 4.90 Å². The number of ether oxygens (including phenoxy) is 1. The topological polar surface area (TPSA) is 15.7 Å². The fraction of sp³-hybridized carbons (Fsp3) is 0.333. The Morgan fingerprint density at radius 2 is 1.58 bits per heavy atom. The fourth-order valence-corrected chi connectivity index (χ4v) is 6.23. The Morgan fingerprint density at radius 1 is 0.879 bits per heavy atom. The molecule has 1 saturated heterocycles. The highest BCUT2D eigenvalue weighted by Crippen LogP contribution is 2.48. The number of rotatable bonds is 6. The molecular weight excluding hydrogens is 471 g/mol. The summed E-state index contributed by atoms with van der Waals surface area (Å²) < 4.78 is 6.05. The molecule has 0 atom stereocenters. The van der Waals surface area contributed by atoms with Crippen molar-refractivity contribution in [2.75, 3.05) is 38.2 Å². The Morgan fingerprint density at radius 3 is 2.33 bits per heavy atom. The minimum Gasteiger partial charge on any atom is -0.373 e. The second-order valence-corrected chi connectivity index (χ2v) is 10.1. The van der Waals surface area contributed by atoms with Crippen LogP contribution in [-0.4, -0.2) is 38.2 Å². The Balaban J connectivity index is 0.00000259. The van der Waals surface area contributed by atoms with E-state index in [2.05, 4.69) is 76.5 Å². The average molecular weight is 502 g/mol. The molecule has 0 N–H and O–H groups in total. The first-order valence-electron chi connectivity index (χ1n) is 11.4. The monoisotopic (exact) mass is 500 g/mol. The lowest BCUT2D eigenvalue weighted by atomic mass is 9.84. The molecule has 0 spiro atoms. The van der Waals surface area contributed by atoms with Crippen molar-refractivity contribution in [3.63, 3.8) is 0 Å². The first kappa shape index (κ1) is 24.4. The molecule has 3 aromatic carbocycles. The zero-order valence-corrected chi connectivity index (χ0v) is 21.3. The van der Waals surface area contributed by atoms with E-state index in [1.165, 1.54) is 26.7 Å². The molecular formula is C27H30Cl2N2OS. The van der Waals surface area contributed by atoms with Crippen molar-refractivity contribution >= 4 is 47.1 Å². The van der Waals surface area contributed by atoms with Crippen molar-refractivity contribution < 1.29 is 4.74 Å². The predicted molar refractivity (Wildman–Crippen MR) is 142 cm³/mol. The number of piperidine rings is 1. The maximum Gasteiger partial charge on any atom is 0.0951 e. The van der Waals surface area contributed by atoms with Crippen molar-refractivity contribution in [2.24, 2.45) is 0 Å². The highest BCUT2D eigenvalue weighted by molar-refractivity contribution is 7.99. The second-order valence-electron chi connectivity index (χ2n) is 8.59. The number of methoxy groups -OCH3 is 1. The van der Waals surface area contributed by atoms with E-state index in [1.807, 2.05) is 24.9 Å². The number of anilines is 2. The number of nitrogens with zero attached hydrogens (tertiary/aromatic N) is 2. The first-order valence-corrected chi connectivity index (χ1v) is 12.5. The highest BCUT2D eigenvalue weighted by atomic mass is 35.5. The molecule has 2 heterocycles. The third-order valence-corrected chi connectivity index (χ3v) is 8.16. The van der Waals surface area contributed by atoms with E-state index in [0.29, 0.717) is 0 Å². The molecule has 5 rings (SSSR count). The summed E-state index contributed by atoms with van der Waals surface area (Å²) in [7, 11) is 1.86. The molecule has 1 fully saturated rings. The lowest BCUT2D eigenvalue weighted by Crippen LogP contribution is -2.44. The minimum atomic E-state index is -0.142. The molecule has 0 aromatic heterocycles. The van der Waals surface area contributed by atoms with Crippen LogP contribution in [0.4, 0.5) is 11.4 Å².